The number of ketones is 1. The molecule has 1 aromatic carbocycles. The lowest BCUT2D eigenvalue weighted by Crippen LogP contribution is -2.16. The number of aliphatic carboxylic acids is 1. The summed E-state index contributed by atoms with van der Waals surface area (Å²) in [6.07, 6.45) is 2.34. The molecule has 0 saturated carbocycles. The van der Waals surface area contributed by atoms with Gasteiger partial charge in [0.15, 0.2) is 17.3 Å². The molecular formula is C15H15FO4. The molecule has 1 aromatic rings. The summed E-state index contributed by atoms with van der Waals surface area (Å²) >= 11 is 0. The topological polar surface area (TPSA) is 63.6 Å². The van der Waals surface area contributed by atoms with Crippen molar-refractivity contribution in [3.8, 4) is 5.75 Å². The van der Waals surface area contributed by atoms with Gasteiger partial charge < -0.3 is 9.84 Å². The summed E-state index contributed by atoms with van der Waals surface area (Å²) in [6, 6.07) is 3.90. The van der Waals surface area contributed by atoms with Gasteiger partial charge in [-0.3, -0.25) is 4.79 Å². The van der Waals surface area contributed by atoms with Crippen molar-refractivity contribution < 1.29 is 23.8 Å². The maximum absolute atomic E-state index is 13.6. The molecule has 0 fully saturated rings. The summed E-state index contributed by atoms with van der Waals surface area (Å²) in [5.74, 6) is -2.06. The van der Waals surface area contributed by atoms with E-state index in [2.05, 4.69) is 0 Å². The van der Waals surface area contributed by atoms with Gasteiger partial charge in [-0.2, -0.15) is 0 Å². The first-order valence-corrected chi connectivity index (χ1v) is 6.38. The standard InChI is InChI=1S/C15H15FO4/c1-20-13-7-6-9(8-12(13)16)14(17)10-4-2-3-5-11(10)15(18)19/h6-8H,2-5H2,1H3,(H,18,19). The highest BCUT2D eigenvalue weighted by Crippen LogP contribution is 2.28. The van der Waals surface area contributed by atoms with Crippen LogP contribution in [0.1, 0.15) is 36.0 Å². The number of carbonyl (C=O) groups is 2. The summed E-state index contributed by atoms with van der Waals surface area (Å²) in [5, 5.41) is 9.14. The van der Waals surface area contributed by atoms with Gasteiger partial charge in [-0.25, -0.2) is 9.18 Å². The van der Waals surface area contributed by atoms with Gasteiger partial charge in [0.1, 0.15) is 0 Å². The summed E-state index contributed by atoms with van der Waals surface area (Å²) in [6.45, 7) is 0. The van der Waals surface area contributed by atoms with E-state index in [4.69, 9.17) is 9.84 Å². The fraction of sp³-hybridized carbons (Fsp3) is 0.333. The van der Waals surface area contributed by atoms with Crippen LogP contribution in [0.25, 0.3) is 0 Å². The zero-order valence-corrected chi connectivity index (χ0v) is 11.1. The SMILES string of the molecule is COc1ccc(C(=O)C2=C(C(=O)O)CCCC2)cc1F. The van der Waals surface area contributed by atoms with Crippen LogP contribution < -0.4 is 4.74 Å². The van der Waals surface area contributed by atoms with Crippen LogP contribution in [0.4, 0.5) is 4.39 Å². The average Bonchev–Trinajstić information content (AvgIpc) is 2.46. The minimum absolute atomic E-state index is 0.0534. The van der Waals surface area contributed by atoms with E-state index >= 15 is 0 Å². The molecule has 0 heterocycles. The van der Waals surface area contributed by atoms with Crippen LogP contribution in [0.2, 0.25) is 0 Å². The number of ether oxygens (including phenoxy) is 1. The number of benzene rings is 1. The fourth-order valence-corrected chi connectivity index (χ4v) is 2.37. The zero-order valence-electron chi connectivity index (χ0n) is 11.1. The monoisotopic (exact) mass is 278 g/mol. The summed E-state index contributed by atoms with van der Waals surface area (Å²) in [7, 11) is 1.34. The lowest BCUT2D eigenvalue weighted by Gasteiger charge is -2.16. The Kier molecular flexibility index (Phi) is 4.17. The van der Waals surface area contributed by atoms with E-state index in [1.165, 1.54) is 19.2 Å². The molecule has 0 aliphatic heterocycles. The number of Topliss-reactive ketones (excluding diaryl/α,β-unsaturated/α-hetero) is 1. The van der Waals surface area contributed by atoms with E-state index in [1.807, 2.05) is 0 Å². The van der Waals surface area contributed by atoms with E-state index in [9.17, 15) is 14.0 Å². The molecule has 0 atom stereocenters. The molecule has 2 rings (SSSR count). The molecule has 0 spiro atoms. The van der Waals surface area contributed by atoms with Gasteiger partial charge in [-0.1, -0.05) is 0 Å². The third-order valence-electron chi connectivity index (χ3n) is 3.41. The Morgan fingerprint density at radius 1 is 1.20 bits per heavy atom. The average molecular weight is 278 g/mol. The molecule has 0 amide bonds. The Labute approximate surface area is 115 Å². The third-order valence-corrected chi connectivity index (χ3v) is 3.41. The maximum atomic E-state index is 13.6. The predicted molar refractivity (Wildman–Crippen MR) is 70.4 cm³/mol. The molecule has 5 heteroatoms. The summed E-state index contributed by atoms with van der Waals surface area (Å²) < 4.78 is 18.4. The second-order valence-corrected chi connectivity index (χ2v) is 4.65. The van der Waals surface area contributed by atoms with Gasteiger partial charge in [0, 0.05) is 16.7 Å². The molecule has 1 aliphatic rings. The highest BCUT2D eigenvalue weighted by atomic mass is 19.1. The first kappa shape index (κ1) is 14.2. The van der Waals surface area contributed by atoms with Crippen molar-refractivity contribution in [1.29, 1.82) is 0 Å². The van der Waals surface area contributed by atoms with Crippen LogP contribution in [0, 0.1) is 5.82 Å². The van der Waals surface area contributed by atoms with E-state index in [0.717, 1.165) is 18.9 Å². The van der Waals surface area contributed by atoms with E-state index in [0.29, 0.717) is 12.8 Å². The molecule has 0 saturated heterocycles. The molecule has 0 aromatic heterocycles. The highest BCUT2D eigenvalue weighted by Gasteiger charge is 2.24. The third kappa shape index (κ3) is 2.71. The fourth-order valence-electron chi connectivity index (χ4n) is 2.37. The molecule has 20 heavy (non-hydrogen) atoms. The van der Waals surface area contributed by atoms with Crippen LogP contribution in [-0.4, -0.2) is 24.0 Å². The smallest absolute Gasteiger partial charge is 0.331 e. The van der Waals surface area contributed by atoms with E-state index < -0.39 is 17.6 Å². The minimum atomic E-state index is -1.07. The Hall–Kier alpha value is -2.17. The largest absolute Gasteiger partial charge is 0.494 e. The lowest BCUT2D eigenvalue weighted by atomic mass is 9.87. The van der Waals surface area contributed by atoms with Crippen LogP contribution in [0.5, 0.6) is 5.75 Å². The number of carboxylic acid groups (broad SMARTS) is 1. The van der Waals surface area contributed by atoms with Crippen LogP contribution >= 0.6 is 0 Å². The molecular weight excluding hydrogens is 263 g/mol. The van der Waals surface area contributed by atoms with Gasteiger partial charge in [0.2, 0.25) is 0 Å². The lowest BCUT2D eigenvalue weighted by molar-refractivity contribution is -0.133. The Morgan fingerprint density at radius 2 is 1.85 bits per heavy atom. The highest BCUT2D eigenvalue weighted by molar-refractivity contribution is 6.12. The molecule has 1 aliphatic carbocycles. The molecule has 0 bridgehead atoms. The van der Waals surface area contributed by atoms with Crippen LogP contribution in [-0.2, 0) is 4.79 Å². The molecule has 1 N–H and O–H groups in total. The van der Waals surface area contributed by atoms with E-state index in [-0.39, 0.29) is 22.5 Å². The number of rotatable bonds is 4. The van der Waals surface area contributed by atoms with Crippen molar-refractivity contribution in [2.75, 3.05) is 7.11 Å². The number of allylic oxidation sites excluding steroid dienone is 1. The first-order valence-electron chi connectivity index (χ1n) is 6.38. The van der Waals surface area contributed by atoms with E-state index in [1.54, 1.807) is 0 Å². The molecule has 0 unspecified atom stereocenters. The molecule has 0 radical (unpaired) electrons. The summed E-state index contributed by atoms with van der Waals surface area (Å²) in [5.41, 5.74) is 0.588. The van der Waals surface area contributed by atoms with Gasteiger partial charge in [-0.15, -0.1) is 0 Å². The van der Waals surface area contributed by atoms with Crippen molar-refractivity contribution in [2.45, 2.75) is 25.7 Å². The zero-order chi connectivity index (χ0) is 14.7. The van der Waals surface area contributed by atoms with Crippen molar-refractivity contribution in [3.63, 3.8) is 0 Å². The predicted octanol–water partition coefficient (Wildman–Crippen LogP) is 2.97. The molecule has 106 valence electrons. The van der Waals surface area contributed by atoms with Gasteiger partial charge >= 0.3 is 5.97 Å². The number of carboxylic acids is 1. The van der Waals surface area contributed by atoms with Crippen molar-refractivity contribution in [3.05, 3.63) is 40.7 Å². The van der Waals surface area contributed by atoms with Gasteiger partial charge in [0.25, 0.3) is 0 Å². The van der Waals surface area contributed by atoms with Crippen molar-refractivity contribution in [2.24, 2.45) is 0 Å². The number of methoxy groups -OCH3 is 1. The van der Waals surface area contributed by atoms with Gasteiger partial charge in [-0.05, 0) is 43.9 Å². The number of halogens is 1. The summed E-state index contributed by atoms with van der Waals surface area (Å²) in [4.78, 5) is 23.5. The minimum Gasteiger partial charge on any atom is -0.494 e. The normalized spacial score (nSPS) is 15.1. The Morgan fingerprint density at radius 3 is 2.40 bits per heavy atom. The Bertz CT molecular complexity index is 590. The number of hydrogen-bond acceptors (Lipinski definition) is 3. The second kappa shape index (κ2) is 5.86. The van der Waals surface area contributed by atoms with Crippen LogP contribution in [0.15, 0.2) is 29.3 Å². The van der Waals surface area contributed by atoms with Crippen LogP contribution in [0.3, 0.4) is 0 Å². The maximum Gasteiger partial charge on any atom is 0.331 e. The number of hydrogen-bond donors (Lipinski definition) is 1. The second-order valence-electron chi connectivity index (χ2n) is 4.65. The quantitative estimate of drug-likeness (QED) is 0.860. The van der Waals surface area contributed by atoms with Crippen molar-refractivity contribution in [1.82, 2.24) is 0 Å². The molecule has 4 nitrogen and oxygen atoms in total. The van der Waals surface area contributed by atoms with Crippen molar-refractivity contribution >= 4 is 11.8 Å². The Balaban J connectivity index is 2.39. The van der Waals surface area contributed by atoms with Gasteiger partial charge in [0.05, 0.1) is 7.11 Å². The first-order chi connectivity index (χ1) is 9.54. The number of carbonyl (C=O) groups excluding carboxylic acids is 1.